The Morgan fingerprint density at radius 2 is 1.96 bits per heavy atom. The van der Waals surface area contributed by atoms with Gasteiger partial charge in [0.05, 0.1) is 12.7 Å². The minimum atomic E-state index is 0. The van der Waals surface area contributed by atoms with Crippen LogP contribution in [-0.2, 0) is 27.4 Å². The number of nitrogens with one attached hydrogen (secondary N) is 1. The largest absolute Gasteiger partial charge is 0.381 e. The summed E-state index contributed by atoms with van der Waals surface area (Å²) in [6, 6.07) is 8.27. The molecule has 146 valence electrons. The Bertz CT molecular complexity index is 564. The first-order valence-corrected chi connectivity index (χ1v) is 9.51. The monoisotopic (exact) mass is 382 g/mol. The van der Waals surface area contributed by atoms with E-state index in [4.69, 9.17) is 15.2 Å². The van der Waals surface area contributed by atoms with Crippen molar-refractivity contribution in [2.75, 3.05) is 19.8 Å². The second-order valence-corrected chi connectivity index (χ2v) is 7.19. The molecule has 2 atom stereocenters. The zero-order valence-electron chi connectivity index (χ0n) is 15.3. The normalized spacial score (nSPS) is 23.4. The molecule has 6 heteroatoms. The molecule has 2 aliphatic rings. The number of carbonyl (C=O) groups excluding carboxylic acids is 1. The van der Waals surface area contributed by atoms with Crippen LogP contribution in [0.25, 0.3) is 0 Å². The van der Waals surface area contributed by atoms with Gasteiger partial charge in [-0.25, -0.2) is 0 Å². The topological polar surface area (TPSA) is 73.6 Å². The van der Waals surface area contributed by atoms with Gasteiger partial charge in [0.2, 0.25) is 5.91 Å². The summed E-state index contributed by atoms with van der Waals surface area (Å²) in [7, 11) is 0. The molecule has 0 bridgehead atoms. The molecule has 26 heavy (non-hydrogen) atoms. The average molecular weight is 383 g/mol. The van der Waals surface area contributed by atoms with E-state index in [0.717, 1.165) is 56.4 Å². The van der Waals surface area contributed by atoms with Gasteiger partial charge in [-0.05, 0) is 49.3 Å². The van der Waals surface area contributed by atoms with Gasteiger partial charge in [-0.1, -0.05) is 30.7 Å². The van der Waals surface area contributed by atoms with Crippen LogP contribution in [0.5, 0.6) is 0 Å². The molecule has 1 aromatic carbocycles. The van der Waals surface area contributed by atoms with Crippen molar-refractivity contribution in [2.24, 2.45) is 17.6 Å². The lowest BCUT2D eigenvalue weighted by Gasteiger charge is -2.22. The number of rotatable bonds is 7. The summed E-state index contributed by atoms with van der Waals surface area (Å²) in [4.78, 5) is 12.4. The zero-order chi connectivity index (χ0) is 17.5. The van der Waals surface area contributed by atoms with Crippen molar-refractivity contribution in [3.05, 3.63) is 35.4 Å². The lowest BCUT2D eigenvalue weighted by molar-refractivity contribution is -0.126. The summed E-state index contributed by atoms with van der Waals surface area (Å²) in [5.74, 6) is 0.584. The van der Waals surface area contributed by atoms with E-state index in [2.05, 4.69) is 17.4 Å². The highest BCUT2D eigenvalue weighted by molar-refractivity contribution is 5.85. The Hall–Kier alpha value is -1.14. The van der Waals surface area contributed by atoms with Crippen LogP contribution in [0, 0.1) is 11.8 Å². The second-order valence-electron chi connectivity index (χ2n) is 7.19. The minimum Gasteiger partial charge on any atom is -0.381 e. The number of amides is 1. The van der Waals surface area contributed by atoms with Crippen molar-refractivity contribution in [3.63, 3.8) is 0 Å². The third kappa shape index (κ3) is 5.95. The molecule has 1 heterocycles. The molecular weight excluding hydrogens is 352 g/mol. The summed E-state index contributed by atoms with van der Waals surface area (Å²) >= 11 is 0. The van der Waals surface area contributed by atoms with Crippen molar-refractivity contribution in [1.29, 1.82) is 0 Å². The van der Waals surface area contributed by atoms with E-state index < -0.39 is 0 Å². The lowest BCUT2D eigenvalue weighted by atomic mass is 9.95. The number of carbonyl (C=O) groups is 1. The van der Waals surface area contributed by atoms with Crippen LogP contribution in [0.1, 0.15) is 43.2 Å². The molecule has 5 nitrogen and oxygen atoms in total. The molecule has 1 aromatic rings. The Morgan fingerprint density at radius 1 is 1.19 bits per heavy atom. The molecule has 2 fully saturated rings. The van der Waals surface area contributed by atoms with Gasteiger partial charge in [0, 0.05) is 25.7 Å². The van der Waals surface area contributed by atoms with Crippen molar-refractivity contribution in [2.45, 2.75) is 51.4 Å². The number of benzene rings is 1. The van der Waals surface area contributed by atoms with Gasteiger partial charge in [-0.15, -0.1) is 12.4 Å². The molecule has 0 unspecified atom stereocenters. The highest BCUT2D eigenvalue weighted by Gasteiger charge is 2.31. The Kier molecular flexibility index (Phi) is 8.85. The first-order chi connectivity index (χ1) is 12.3. The van der Waals surface area contributed by atoms with Crippen molar-refractivity contribution < 1.29 is 14.3 Å². The molecule has 1 aliphatic carbocycles. The van der Waals surface area contributed by atoms with Gasteiger partial charge in [0.15, 0.2) is 0 Å². The summed E-state index contributed by atoms with van der Waals surface area (Å²) in [6.07, 6.45) is 5.39. The highest BCUT2D eigenvalue weighted by Crippen LogP contribution is 2.31. The van der Waals surface area contributed by atoms with Gasteiger partial charge in [0.1, 0.15) is 0 Å². The Balaban J connectivity index is 0.00000243. The number of hydrogen-bond acceptors (Lipinski definition) is 4. The SMILES string of the molecule is Cl.NC[C@H]1CCC[C@H]1C(=O)NCc1cccc(COC2CCOCC2)c1. The van der Waals surface area contributed by atoms with Crippen molar-refractivity contribution >= 4 is 18.3 Å². The predicted molar refractivity (Wildman–Crippen MR) is 104 cm³/mol. The predicted octanol–water partition coefficient (Wildman–Crippen LogP) is 2.80. The molecule has 1 saturated heterocycles. The van der Waals surface area contributed by atoms with Crippen LogP contribution in [0.2, 0.25) is 0 Å². The fourth-order valence-electron chi connectivity index (χ4n) is 3.87. The van der Waals surface area contributed by atoms with Crippen LogP contribution in [0.3, 0.4) is 0 Å². The number of halogens is 1. The van der Waals surface area contributed by atoms with Crippen molar-refractivity contribution in [3.8, 4) is 0 Å². The summed E-state index contributed by atoms with van der Waals surface area (Å²) in [6.45, 7) is 3.38. The summed E-state index contributed by atoms with van der Waals surface area (Å²) < 4.78 is 11.3. The molecule has 3 rings (SSSR count). The molecule has 0 aromatic heterocycles. The number of ether oxygens (including phenoxy) is 2. The quantitative estimate of drug-likeness (QED) is 0.760. The van der Waals surface area contributed by atoms with Gasteiger partial charge >= 0.3 is 0 Å². The van der Waals surface area contributed by atoms with Crippen LogP contribution in [-0.4, -0.2) is 31.8 Å². The van der Waals surface area contributed by atoms with E-state index in [-0.39, 0.29) is 24.2 Å². The average Bonchev–Trinajstić information content (AvgIpc) is 3.14. The summed E-state index contributed by atoms with van der Waals surface area (Å²) in [5.41, 5.74) is 8.05. The third-order valence-corrected chi connectivity index (χ3v) is 5.41. The fourth-order valence-corrected chi connectivity index (χ4v) is 3.87. The Labute approximate surface area is 162 Å². The fraction of sp³-hybridized carbons (Fsp3) is 0.650. The second kappa shape index (κ2) is 10.9. The maximum atomic E-state index is 12.4. The highest BCUT2D eigenvalue weighted by atomic mass is 35.5. The van der Waals surface area contributed by atoms with Gasteiger partial charge in [-0.2, -0.15) is 0 Å². The maximum Gasteiger partial charge on any atom is 0.223 e. The maximum absolute atomic E-state index is 12.4. The first-order valence-electron chi connectivity index (χ1n) is 9.51. The number of nitrogens with two attached hydrogens (primary N) is 1. The zero-order valence-corrected chi connectivity index (χ0v) is 16.1. The Morgan fingerprint density at radius 3 is 2.73 bits per heavy atom. The molecule has 1 amide bonds. The van der Waals surface area contributed by atoms with Gasteiger partial charge in [0.25, 0.3) is 0 Å². The van der Waals surface area contributed by atoms with Crippen LogP contribution in [0.4, 0.5) is 0 Å². The molecule has 1 saturated carbocycles. The molecule has 1 aliphatic heterocycles. The molecule has 3 N–H and O–H groups in total. The van der Waals surface area contributed by atoms with E-state index in [1.165, 1.54) is 0 Å². The van der Waals surface area contributed by atoms with Crippen molar-refractivity contribution in [1.82, 2.24) is 5.32 Å². The van der Waals surface area contributed by atoms with Gasteiger partial charge < -0.3 is 20.5 Å². The van der Waals surface area contributed by atoms with E-state index >= 15 is 0 Å². The third-order valence-electron chi connectivity index (χ3n) is 5.41. The molecule has 0 spiro atoms. The molecule has 0 radical (unpaired) electrons. The van der Waals surface area contributed by atoms with E-state index in [1.807, 2.05) is 12.1 Å². The van der Waals surface area contributed by atoms with E-state index in [9.17, 15) is 4.79 Å². The standard InChI is InChI=1S/C20H30N2O3.ClH/c21-12-17-5-2-6-19(17)20(23)22-13-15-3-1-4-16(11-15)14-25-18-7-9-24-10-8-18;/h1,3-4,11,17-19H,2,5-10,12-14,21H2,(H,22,23);1H/t17-,19-;/m1./s1. The molecular formula is C20H31ClN2O3. The minimum absolute atomic E-state index is 0. The summed E-state index contributed by atoms with van der Waals surface area (Å²) in [5, 5.41) is 3.09. The smallest absolute Gasteiger partial charge is 0.223 e. The lowest BCUT2D eigenvalue weighted by Crippen LogP contribution is -2.34. The number of hydrogen-bond donors (Lipinski definition) is 2. The van der Waals surface area contributed by atoms with E-state index in [0.29, 0.717) is 31.7 Å². The van der Waals surface area contributed by atoms with Gasteiger partial charge in [-0.3, -0.25) is 4.79 Å². The van der Waals surface area contributed by atoms with E-state index in [1.54, 1.807) is 0 Å². The van der Waals surface area contributed by atoms with Crippen LogP contribution >= 0.6 is 12.4 Å². The van der Waals surface area contributed by atoms with Crippen LogP contribution < -0.4 is 11.1 Å². The van der Waals surface area contributed by atoms with Crippen LogP contribution in [0.15, 0.2) is 24.3 Å². The first kappa shape index (κ1) is 21.2.